The summed E-state index contributed by atoms with van der Waals surface area (Å²) >= 11 is 0. The van der Waals surface area contributed by atoms with Crippen LogP contribution in [0.4, 0.5) is 5.69 Å². The number of carbonyl (C=O) groups is 1. The second kappa shape index (κ2) is 7.06. The normalized spacial score (nSPS) is 20.1. The van der Waals surface area contributed by atoms with E-state index in [1.165, 1.54) is 0 Å². The molecule has 0 amide bonds. The zero-order chi connectivity index (χ0) is 20.9. The van der Waals surface area contributed by atoms with Gasteiger partial charge in [-0.25, -0.2) is 4.79 Å². The van der Waals surface area contributed by atoms with Gasteiger partial charge in [-0.3, -0.25) is 4.79 Å². The average molecular weight is 399 g/mol. The van der Waals surface area contributed by atoms with E-state index in [0.717, 1.165) is 44.5 Å². The van der Waals surface area contributed by atoms with E-state index in [2.05, 4.69) is 23.7 Å². The molecular formula is C22H29N3O4. The first-order valence-corrected chi connectivity index (χ1v) is 10.3. The highest BCUT2D eigenvalue weighted by Crippen LogP contribution is 2.43. The second-order valence-corrected chi connectivity index (χ2v) is 8.97. The highest BCUT2D eigenvalue weighted by atomic mass is 16.5. The molecule has 29 heavy (non-hydrogen) atoms. The van der Waals surface area contributed by atoms with Crippen LogP contribution in [0.15, 0.2) is 16.9 Å². The van der Waals surface area contributed by atoms with E-state index in [-0.39, 0.29) is 17.0 Å². The standard InChI is InChI=1S/C22H29N3O4/c1-22(2,23)13-5-4-10-25(11-13)15-9-8-14-18(20(15)29-3)24-17(12-6-7-12)16(19(14)26)21(27)28/h8-9,12-13H,4-7,10-11,23H2,1-3H3,(H,24,26)(H,27,28). The van der Waals surface area contributed by atoms with Gasteiger partial charge in [0.15, 0.2) is 5.75 Å². The number of pyridine rings is 1. The Bertz CT molecular complexity index is 1020. The molecule has 1 unspecified atom stereocenters. The van der Waals surface area contributed by atoms with Gasteiger partial charge in [-0.1, -0.05) is 0 Å². The molecule has 2 fully saturated rings. The van der Waals surface area contributed by atoms with Gasteiger partial charge >= 0.3 is 5.97 Å². The molecule has 4 N–H and O–H groups in total. The summed E-state index contributed by atoms with van der Waals surface area (Å²) in [5, 5.41) is 9.95. The maximum absolute atomic E-state index is 13.0. The molecule has 1 aromatic heterocycles. The van der Waals surface area contributed by atoms with Crippen LogP contribution < -0.4 is 20.8 Å². The fourth-order valence-corrected chi connectivity index (χ4v) is 4.49. The number of aromatic amines is 1. The number of ether oxygens (including phenoxy) is 1. The van der Waals surface area contributed by atoms with Crippen molar-refractivity contribution in [1.29, 1.82) is 0 Å². The predicted octanol–water partition coefficient (Wildman–Crippen LogP) is 3.07. The number of methoxy groups -OCH3 is 1. The third kappa shape index (κ3) is 3.48. The van der Waals surface area contributed by atoms with Gasteiger partial charge in [0.1, 0.15) is 5.56 Å². The van der Waals surface area contributed by atoms with Gasteiger partial charge in [0.05, 0.1) is 23.7 Å². The third-order valence-corrected chi connectivity index (χ3v) is 6.36. The molecule has 1 aliphatic carbocycles. The number of carboxylic acids is 1. The summed E-state index contributed by atoms with van der Waals surface area (Å²) in [6.07, 6.45) is 3.90. The van der Waals surface area contributed by atoms with E-state index < -0.39 is 11.4 Å². The van der Waals surface area contributed by atoms with Crippen molar-refractivity contribution in [2.75, 3.05) is 25.1 Å². The van der Waals surface area contributed by atoms with Crippen molar-refractivity contribution in [3.63, 3.8) is 0 Å². The van der Waals surface area contributed by atoms with Crippen LogP contribution in [0, 0.1) is 5.92 Å². The number of piperidine rings is 1. The largest absolute Gasteiger partial charge is 0.492 e. The highest BCUT2D eigenvalue weighted by molar-refractivity contribution is 5.97. The number of fused-ring (bicyclic) bond motifs is 1. The van der Waals surface area contributed by atoms with Crippen LogP contribution in [-0.2, 0) is 0 Å². The number of anilines is 1. The lowest BCUT2D eigenvalue weighted by Crippen LogP contribution is -2.49. The number of H-pyrrole nitrogens is 1. The van der Waals surface area contributed by atoms with Crippen molar-refractivity contribution in [3.05, 3.63) is 33.6 Å². The average Bonchev–Trinajstić information content (AvgIpc) is 3.51. The van der Waals surface area contributed by atoms with Crippen molar-refractivity contribution < 1.29 is 14.6 Å². The summed E-state index contributed by atoms with van der Waals surface area (Å²) in [4.78, 5) is 30.2. The molecule has 1 saturated carbocycles. The van der Waals surface area contributed by atoms with E-state index in [0.29, 0.717) is 28.3 Å². The van der Waals surface area contributed by atoms with Gasteiger partial charge in [-0.15, -0.1) is 0 Å². The maximum atomic E-state index is 13.0. The summed E-state index contributed by atoms with van der Waals surface area (Å²) in [6, 6.07) is 3.58. The van der Waals surface area contributed by atoms with Gasteiger partial charge in [0, 0.05) is 30.2 Å². The van der Waals surface area contributed by atoms with Crippen LogP contribution in [0.3, 0.4) is 0 Å². The smallest absolute Gasteiger partial charge is 0.341 e. The van der Waals surface area contributed by atoms with Crippen molar-refractivity contribution in [2.45, 2.75) is 51.0 Å². The van der Waals surface area contributed by atoms with Crippen LogP contribution in [0.5, 0.6) is 5.75 Å². The lowest BCUT2D eigenvalue weighted by molar-refractivity contribution is 0.0694. The van der Waals surface area contributed by atoms with E-state index in [4.69, 9.17) is 10.5 Å². The first kappa shape index (κ1) is 19.8. The first-order valence-electron chi connectivity index (χ1n) is 10.3. The molecule has 7 heteroatoms. The number of rotatable bonds is 5. The summed E-state index contributed by atoms with van der Waals surface area (Å²) < 4.78 is 5.75. The molecule has 0 spiro atoms. The first-order chi connectivity index (χ1) is 13.7. The Morgan fingerprint density at radius 1 is 1.31 bits per heavy atom. The van der Waals surface area contributed by atoms with Crippen molar-refractivity contribution in [2.24, 2.45) is 11.7 Å². The van der Waals surface area contributed by atoms with E-state index in [9.17, 15) is 14.7 Å². The van der Waals surface area contributed by atoms with Gasteiger partial charge in [-0.05, 0) is 57.6 Å². The fourth-order valence-electron chi connectivity index (χ4n) is 4.49. The van der Waals surface area contributed by atoms with Crippen LogP contribution >= 0.6 is 0 Å². The summed E-state index contributed by atoms with van der Waals surface area (Å²) in [5.41, 5.74) is 7.53. The zero-order valence-corrected chi connectivity index (χ0v) is 17.2. The Balaban J connectivity index is 1.86. The number of hydrogen-bond acceptors (Lipinski definition) is 5. The minimum Gasteiger partial charge on any atom is -0.492 e. The summed E-state index contributed by atoms with van der Waals surface area (Å²) in [6.45, 7) is 5.83. The van der Waals surface area contributed by atoms with Crippen LogP contribution in [0.1, 0.15) is 61.5 Å². The van der Waals surface area contributed by atoms with Crippen molar-refractivity contribution in [1.82, 2.24) is 4.98 Å². The Morgan fingerprint density at radius 2 is 2.03 bits per heavy atom. The minimum atomic E-state index is -1.18. The lowest BCUT2D eigenvalue weighted by Gasteiger charge is -2.41. The summed E-state index contributed by atoms with van der Waals surface area (Å²) in [7, 11) is 1.59. The molecule has 1 atom stereocenters. The number of benzene rings is 1. The van der Waals surface area contributed by atoms with E-state index >= 15 is 0 Å². The monoisotopic (exact) mass is 399 g/mol. The van der Waals surface area contributed by atoms with Crippen LogP contribution in [0.25, 0.3) is 10.9 Å². The lowest BCUT2D eigenvalue weighted by atomic mass is 9.82. The van der Waals surface area contributed by atoms with E-state index in [1.54, 1.807) is 13.2 Å². The topological polar surface area (TPSA) is 109 Å². The van der Waals surface area contributed by atoms with Crippen LogP contribution in [-0.4, -0.2) is 41.8 Å². The molecule has 1 aromatic carbocycles. The quantitative estimate of drug-likeness (QED) is 0.713. The van der Waals surface area contributed by atoms with Gasteiger partial charge in [0.25, 0.3) is 0 Å². The SMILES string of the molecule is COc1c(N2CCCC(C(C)(C)N)C2)ccc2c(=O)c(C(=O)O)c(C3CC3)[nH]c12. The third-order valence-electron chi connectivity index (χ3n) is 6.36. The Hall–Kier alpha value is -2.54. The van der Waals surface area contributed by atoms with Gasteiger partial charge in [0.2, 0.25) is 5.43 Å². The molecule has 0 bridgehead atoms. The maximum Gasteiger partial charge on any atom is 0.341 e. The molecule has 1 saturated heterocycles. The molecule has 1 aliphatic heterocycles. The second-order valence-electron chi connectivity index (χ2n) is 8.97. The molecular weight excluding hydrogens is 370 g/mol. The van der Waals surface area contributed by atoms with Gasteiger partial charge in [-0.2, -0.15) is 0 Å². The number of nitrogens with zero attached hydrogens (tertiary/aromatic N) is 1. The number of aromatic nitrogens is 1. The molecule has 2 aliphatic rings. The molecule has 2 aromatic rings. The number of carboxylic acid groups (broad SMARTS) is 1. The van der Waals surface area contributed by atoms with Crippen LogP contribution in [0.2, 0.25) is 0 Å². The fraction of sp³-hybridized carbons (Fsp3) is 0.545. The molecule has 4 rings (SSSR count). The van der Waals surface area contributed by atoms with Gasteiger partial charge < -0.3 is 25.5 Å². The van der Waals surface area contributed by atoms with Crippen molar-refractivity contribution in [3.8, 4) is 5.75 Å². The molecule has 2 heterocycles. The minimum absolute atomic E-state index is 0.101. The molecule has 0 radical (unpaired) electrons. The zero-order valence-electron chi connectivity index (χ0n) is 17.2. The van der Waals surface area contributed by atoms with E-state index in [1.807, 2.05) is 6.07 Å². The molecule has 156 valence electrons. The Labute approximate surface area is 169 Å². The predicted molar refractivity (Wildman–Crippen MR) is 113 cm³/mol. The number of aromatic carboxylic acids is 1. The highest BCUT2D eigenvalue weighted by Gasteiger charge is 2.34. The number of nitrogens with one attached hydrogen (secondary N) is 1. The Morgan fingerprint density at radius 3 is 2.62 bits per heavy atom. The number of hydrogen-bond donors (Lipinski definition) is 3. The molecule has 7 nitrogen and oxygen atoms in total. The van der Waals surface area contributed by atoms with Crippen molar-refractivity contribution >= 4 is 22.6 Å². The summed E-state index contributed by atoms with van der Waals surface area (Å²) in [5.74, 6) is -0.132. The Kier molecular flexibility index (Phi) is 4.81. The number of nitrogens with two attached hydrogens (primary N) is 1.